The Labute approximate surface area is 159 Å². The second kappa shape index (κ2) is 8.10. The lowest BCUT2D eigenvalue weighted by Gasteiger charge is -2.34. The van der Waals surface area contributed by atoms with E-state index in [0.717, 1.165) is 62.2 Å². The van der Waals surface area contributed by atoms with Crippen molar-refractivity contribution in [3.63, 3.8) is 0 Å². The Kier molecular flexibility index (Phi) is 5.40. The molecule has 2 aromatic rings. The number of aromatic nitrogens is 4. The van der Waals surface area contributed by atoms with Crippen LogP contribution >= 0.6 is 0 Å². The molecule has 2 amide bonds. The first kappa shape index (κ1) is 18.0. The van der Waals surface area contributed by atoms with Gasteiger partial charge in [0.15, 0.2) is 0 Å². The topological polar surface area (TPSA) is 87.5 Å². The third-order valence-corrected chi connectivity index (χ3v) is 5.76. The molecule has 2 fully saturated rings. The second-order valence-electron chi connectivity index (χ2n) is 7.69. The summed E-state index contributed by atoms with van der Waals surface area (Å²) in [4.78, 5) is 14.5. The van der Waals surface area contributed by atoms with Gasteiger partial charge in [-0.15, -0.1) is 10.2 Å². The number of nitrogens with zero attached hydrogens (tertiary/aromatic N) is 5. The van der Waals surface area contributed by atoms with Crippen LogP contribution in [-0.4, -0.2) is 55.9 Å². The Bertz CT molecular complexity index is 775. The molecule has 1 saturated heterocycles. The number of hydrogen-bond donors (Lipinski definition) is 2. The fraction of sp³-hybridized carbons (Fsp3) is 0.684. The maximum atomic E-state index is 12.5. The highest BCUT2D eigenvalue weighted by Gasteiger charge is 2.25. The normalized spacial score (nSPS) is 19.4. The van der Waals surface area contributed by atoms with Gasteiger partial charge >= 0.3 is 6.03 Å². The number of rotatable bonds is 4. The fourth-order valence-corrected chi connectivity index (χ4v) is 4.12. The standard InChI is InChI=1S/C19H29N7O/c1-2-14-12-17(18-23-20-13-26(18)24-14)21-16-8-10-25(11-9-16)19(27)22-15-6-4-3-5-7-15/h12-13,15-16,21H,2-11H2,1H3,(H,22,27). The summed E-state index contributed by atoms with van der Waals surface area (Å²) in [5.74, 6) is 0. The van der Waals surface area contributed by atoms with Gasteiger partial charge in [-0.2, -0.15) is 9.61 Å². The summed E-state index contributed by atoms with van der Waals surface area (Å²) >= 11 is 0. The molecule has 2 aliphatic rings. The van der Waals surface area contributed by atoms with Gasteiger partial charge in [0.2, 0.25) is 5.65 Å². The third kappa shape index (κ3) is 4.14. The van der Waals surface area contributed by atoms with E-state index < -0.39 is 0 Å². The lowest BCUT2D eigenvalue weighted by Crippen LogP contribution is -2.49. The van der Waals surface area contributed by atoms with Crippen molar-refractivity contribution in [3.05, 3.63) is 18.1 Å². The van der Waals surface area contributed by atoms with Crippen molar-refractivity contribution >= 4 is 17.4 Å². The molecule has 0 bridgehead atoms. The van der Waals surface area contributed by atoms with Gasteiger partial charge in [-0.25, -0.2) is 4.79 Å². The Morgan fingerprint density at radius 3 is 2.67 bits per heavy atom. The summed E-state index contributed by atoms with van der Waals surface area (Å²) < 4.78 is 1.73. The first-order chi connectivity index (χ1) is 13.2. The number of hydrogen-bond acceptors (Lipinski definition) is 5. The molecule has 2 aromatic heterocycles. The molecule has 0 unspecified atom stereocenters. The summed E-state index contributed by atoms with van der Waals surface area (Å²) in [5.41, 5.74) is 2.74. The number of piperidine rings is 1. The van der Waals surface area contributed by atoms with E-state index >= 15 is 0 Å². The van der Waals surface area contributed by atoms with E-state index in [1.54, 1.807) is 10.8 Å². The lowest BCUT2D eigenvalue weighted by molar-refractivity contribution is 0.176. The van der Waals surface area contributed by atoms with Crippen LogP contribution < -0.4 is 10.6 Å². The zero-order chi connectivity index (χ0) is 18.6. The van der Waals surface area contributed by atoms with Crippen LogP contribution in [0, 0.1) is 0 Å². The molecule has 1 aliphatic heterocycles. The molecule has 0 radical (unpaired) electrons. The van der Waals surface area contributed by atoms with Crippen LogP contribution in [0.1, 0.15) is 57.6 Å². The molecule has 8 nitrogen and oxygen atoms in total. The third-order valence-electron chi connectivity index (χ3n) is 5.76. The van der Waals surface area contributed by atoms with Crippen molar-refractivity contribution in [2.45, 2.75) is 70.4 Å². The van der Waals surface area contributed by atoms with Crippen LogP contribution in [0.5, 0.6) is 0 Å². The van der Waals surface area contributed by atoms with E-state index in [4.69, 9.17) is 0 Å². The number of carbonyl (C=O) groups excluding carboxylic acids is 1. The molecule has 0 aromatic carbocycles. The molecule has 8 heteroatoms. The number of urea groups is 1. The summed E-state index contributed by atoms with van der Waals surface area (Å²) in [6.45, 7) is 3.65. The molecule has 27 heavy (non-hydrogen) atoms. The first-order valence-corrected chi connectivity index (χ1v) is 10.2. The predicted molar refractivity (Wildman–Crippen MR) is 104 cm³/mol. The largest absolute Gasteiger partial charge is 0.379 e. The molecule has 1 aliphatic carbocycles. The molecular weight excluding hydrogens is 342 g/mol. The van der Waals surface area contributed by atoms with Crippen molar-refractivity contribution in [2.75, 3.05) is 18.4 Å². The van der Waals surface area contributed by atoms with Gasteiger partial charge in [0, 0.05) is 25.2 Å². The SMILES string of the molecule is CCc1cc(NC2CCN(C(=O)NC3CCCCC3)CC2)c2nncn2n1. The number of fused-ring (bicyclic) bond motifs is 1. The number of nitrogens with one attached hydrogen (secondary N) is 2. The molecule has 0 spiro atoms. The highest BCUT2D eigenvalue weighted by atomic mass is 16.2. The predicted octanol–water partition coefficient (Wildman–Crippen LogP) is 2.61. The monoisotopic (exact) mass is 371 g/mol. The molecule has 0 atom stereocenters. The van der Waals surface area contributed by atoms with Gasteiger partial charge in [0.25, 0.3) is 0 Å². The fourth-order valence-electron chi connectivity index (χ4n) is 4.12. The Morgan fingerprint density at radius 1 is 1.15 bits per heavy atom. The number of carbonyl (C=O) groups is 1. The Hall–Kier alpha value is -2.38. The van der Waals surface area contributed by atoms with E-state index in [9.17, 15) is 4.79 Å². The minimum atomic E-state index is 0.109. The maximum Gasteiger partial charge on any atom is 0.317 e. The van der Waals surface area contributed by atoms with Gasteiger partial charge in [-0.1, -0.05) is 26.2 Å². The van der Waals surface area contributed by atoms with Gasteiger partial charge in [-0.05, 0) is 38.2 Å². The summed E-state index contributed by atoms with van der Waals surface area (Å²) in [6, 6.07) is 2.87. The summed E-state index contributed by atoms with van der Waals surface area (Å²) in [7, 11) is 0. The van der Waals surface area contributed by atoms with Gasteiger partial charge < -0.3 is 15.5 Å². The van der Waals surface area contributed by atoms with Crippen molar-refractivity contribution < 1.29 is 4.79 Å². The average Bonchev–Trinajstić information content (AvgIpc) is 3.18. The number of amides is 2. The van der Waals surface area contributed by atoms with E-state index in [0.29, 0.717) is 12.1 Å². The van der Waals surface area contributed by atoms with E-state index in [1.807, 2.05) is 4.90 Å². The molecule has 1 saturated carbocycles. The molecular formula is C19H29N7O. The van der Waals surface area contributed by atoms with Crippen molar-refractivity contribution in [2.24, 2.45) is 0 Å². The number of likely N-dealkylation sites (tertiary alicyclic amines) is 1. The lowest BCUT2D eigenvalue weighted by atomic mass is 9.95. The molecule has 2 N–H and O–H groups in total. The Morgan fingerprint density at radius 2 is 1.93 bits per heavy atom. The quantitative estimate of drug-likeness (QED) is 0.863. The number of aryl methyl sites for hydroxylation is 1. The summed E-state index contributed by atoms with van der Waals surface area (Å²) in [6.07, 6.45) is 10.4. The van der Waals surface area contributed by atoms with Crippen molar-refractivity contribution in [3.8, 4) is 0 Å². The van der Waals surface area contributed by atoms with Crippen LogP contribution in [0.25, 0.3) is 5.65 Å². The van der Waals surface area contributed by atoms with E-state index in [1.165, 1.54) is 19.3 Å². The summed E-state index contributed by atoms with van der Waals surface area (Å²) in [5, 5.41) is 19.5. The van der Waals surface area contributed by atoms with Crippen LogP contribution in [0.2, 0.25) is 0 Å². The van der Waals surface area contributed by atoms with E-state index in [2.05, 4.69) is 38.9 Å². The molecule has 146 valence electrons. The zero-order valence-corrected chi connectivity index (χ0v) is 16.0. The van der Waals surface area contributed by atoms with Crippen molar-refractivity contribution in [1.82, 2.24) is 30.0 Å². The Balaban J connectivity index is 1.33. The molecule has 4 rings (SSSR count). The minimum absolute atomic E-state index is 0.109. The highest BCUT2D eigenvalue weighted by Crippen LogP contribution is 2.22. The van der Waals surface area contributed by atoms with Crippen LogP contribution in [0.3, 0.4) is 0 Å². The van der Waals surface area contributed by atoms with Gasteiger partial charge in [0.05, 0.1) is 11.4 Å². The van der Waals surface area contributed by atoms with Gasteiger partial charge in [0.1, 0.15) is 6.33 Å². The van der Waals surface area contributed by atoms with Crippen LogP contribution in [0.4, 0.5) is 10.5 Å². The maximum absolute atomic E-state index is 12.5. The van der Waals surface area contributed by atoms with Crippen LogP contribution in [0.15, 0.2) is 12.4 Å². The van der Waals surface area contributed by atoms with Gasteiger partial charge in [-0.3, -0.25) is 0 Å². The van der Waals surface area contributed by atoms with Crippen LogP contribution in [-0.2, 0) is 6.42 Å². The van der Waals surface area contributed by atoms with E-state index in [-0.39, 0.29) is 6.03 Å². The average molecular weight is 371 g/mol. The highest BCUT2D eigenvalue weighted by molar-refractivity contribution is 5.74. The first-order valence-electron chi connectivity index (χ1n) is 10.2. The molecule has 3 heterocycles. The van der Waals surface area contributed by atoms with Crippen molar-refractivity contribution in [1.29, 1.82) is 0 Å². The zero-order valence-electron chi connectivity index (χ0n) is 16.0. The minimum Gasteiger partial charge on any atom is -0.379 e. The second-order valence-corrected chi connectivity index (χ2v) is 7.69. The number of anilines is 1. The smallest absolute Gasteiger partial charge is 0.317 e.